The third kappa shape index (κ3) is 3.97. The number of hydrogen-bond acceptors (Lipinski definition) is 7. The lowest BCUT2D eigenvalue weighted by Gasteiger charge is -2.26. The Labute approximate surface area is 177 Å². The van der Waals surface area contributed by atoms with Crippen molar-refractivity contribution >= 4 is 23.7 Å². The highest BCUT2D eigenvalue weighted by atomic mass is 32.2. The number of halogens is 1. The molecule has 9 heteroatoms. The van der Waals surface area contributed by atoms with Crippen LogP contribution in [0.3, 0.4) is 0 Å². The summed E-state index contributed by atoms with van der Waals surface area (Å²) < 4.78 is 26.5. The summed E-state index contributed by atoms with van der Waals surface area (Å²) in [5, 5.41) is 8.16. The Morgan fingerprint density at radius 2 is 2.17 bits per heavy atom. The van der Waals surface area contributed by atoms with Crippen molar-refractivity contribution in [3.63, 3.8) is 0 Å². The number of fused-ring (bicyclic) bond motifs is 1. The number of furan rings is 1. The lowest BCUT2D eigenvalue weighted by molar-refractivity contribution is -0.139. The van der Waals surface area contributed by atoms with Crippen LogP contribution in [0.5, 0.6) is 0 Å². The highest BCUT2D eigenvalue weighted by Crippen LogP contribution is 2.37. The average molecular weight is 428 g/mol. The minimum atomic E-state index is -0.601. The summed E-state index contributed by atoms with van der Waals surface area (Å²) in [6, 6.07) is 9.55. The first kappa shape index (κ1) is 20.2. The van der Waals surface area contributed by atoms with Crippen LogP contribution in [-0.2, 0) is 15.3 Å². The van der Waals surface area contributed by atoms with Gasteiger partial charge in [0.15, 0.2) is 0 Å². The fourth-order valence-corrected chi connectivity index (χ4v) is 4.01. The zero-order valence-corrected chi connectivity index (χ0v) is 17.4. The first-order chi connectivity index (χ1) is 14.6. The molecule has 4 rings (SSSR count). The largest absolute Gasteiger partial charge is 0.467 e. The number of nitrogens with zero attached hydrogens (tertiary/aromatic N) is 3. The van der Waals surface area contributed by atoms with Gasteiger partial charge in [-0.1, -0.05) is 36.9 Å². The van der Waals surface area contributed by atoms with E-state index >= 15 is 0 Å². The number of nitrogens with one attached hydrogen (secondary N) is 1. The zero-order chi connectivity index (χ0) is 21.1. The third-order valence-corrected chi connectivity index (χ3v) is 5.50. The molecule has 0 spiro atoms. The Morgan fingerprint density at radius 3 is 2.90 bits per heavy atom. The number of allylic oxidation sites excluding steroid dienone is 1. The first-order valence-electron chi connectivity index (χ1n) is 9.59. The lowest BCUT2D eigenvalue weighted by atomic mass is 10.0. The highest BCUT2D eigenvalue weighted by Gasteiger charge is 2.36. The van der Waals surface area contributed by atoms with Crippen LogP contribution in [0, 0.1) is 5.82 Å². The van der Waals surface area contributed by atoms with Gasteiger partial charge in [0.1, 0.15) is 17.6 Å². The Morgan fingerprint density at radius 1 is 1.33 bits per heavy atom. The third-order valence-electron chi connectivity index (χ3n) is 4.62. The number of anilines is 1. The normalized spacial score (nSPS) is 15.6. The number of thioether (sulfide) groups is 1. The van der Waals surface area contributed by atoms with E-state index in [1.165, 1.54) is 17.8 Å². The average Bonchev–Trinajstić information content (AvgIpc) is 3.40. The number of aromatic nitrogens is 3. The van der Waals surface area contributed by atoms with Gasteiger partial charge in [-0.2, -0.15) is 4.98 Å². The molecule has 30 heavy (non-hydrogen) atoms. The Hall–Kier alpha value is -3.07. The van der Waals surface area contributed by atoms with Crippen LogP contribution in [0.4, 0.5) is 10.3 Å². The number of ether oxygens (including phenoxy) is 1. The number of esters is 1. The van der Waals surface area contributed by atoms with Crippen molar-refractivity contribution in [2.45, 2.75) is 37.2 Å². The van der Waals surface area contributed by atoms with E-state index < -0.39 is 12.0 Å². The quantitative estimate of drug-likeness (QED) is 0.437. The van der Waals surface area contributed by atoms with Crippen molar-refractivity contribution in [3.05, 3.63) is 71.1 Å². The SMILES string of the molecule is CCCOC(=O)C1=C(C)Nc2nc(SCc3ccccc3F)nn2C1c1ccco1. The van der Waals surface area contributed by atoms with Crippen molar-refractivity contribution in [1.29, 1.82) is 0 Å². The van der Waals surface area contributed by atoms with E-state index in [-0.39, 0.29) is 5.82 Å². The van der Waals surface area contributed by atoms with E-state index in [0.29, 0.717) is 46.1 Å². The number of carbonyl (C=O) groups is 1. The van der Waals surface area contributed by atoms with Gasteiger partial charge in [0.25, 0.3) is 0 Å². The molecule has 0 aliphatic carbocycles. The van der Waals surface area contributed by atoms with Crippen molar-refractivity contribution in [1.82, 2.24) is 14.8 Å². The summed E-state index contributed by atoms with van der Waals surface area (Å²) in [5.74, 6) is 0.733. The van der Waals surface area contributed by atoms with Gasteiger partial charge in [-0.3, -0.25) is 0 Å². The molecule has 1 aromatic carbocycles. The molecule has 1 aliphatic heterocycles. The van der Waals surface area contributed by atoms with E-state index in [2.05, 4.69) is 15.4 Å². The maximum absolute atomic E-state index is 13.9. The fraction of sp³-hybridized carbons (Fsp3) is 0.286. The molecule has 0 saturated carbocycles. The second-order valence-corrected chi connectivity index (χ2v) is 7.70. The molecule has 0 radical (unpaired) electrons. The molecular formula is C21H21FN4O3S. The number of benzene rings is 1. The molecule has 156 valence electrons. The van der Waals surface area contributed by atoms with E-state index in [0.717, 1.165) is 6.42 Å². The number of hydrogen-bond donors (Lipinski definition) is 1. The van der Waals surface area contributed by atoms with Crippen LogP contribution in [-0.4, -0.2) is 27.3 Å². The fourth-order valence-electron chi connectivity index (χ4n) is 3.20. The molecule has 7 nitrogen and oxygen atoms in total. The minimum Gasteiger partial charge on any atom is -0.467 e. The van der Waals surface area contributed by atoms with Crippen molar-refractivity contribution < 1.29 is 18.3 Å². The van der Waals surface area contributed by atoms with Crippen molar-refractivity contribution in [3.8, 4) is 0 Å². The van der Waals surface area contributed by atoms with E-state index in [1.54, 1.807) is 48.2 Å². The predicted octanol–water partition coefficient (Wildman–Crippen LogP) is 4.54. The second kappa shape index (κ2) is 8.74. The molecule has 0 amide bonds. The second-order valence-electron chi connectivity index (χ2n) is 6.76. The minimum absolute atomic E-state index is 0.265. The summed E-state index contributed by atoms with van der Waals surface area (Å²) in [7, 11) is 0. The smallest absolute Gasteiger partial charge is 0.338 e. The van der Waals surface area contributed by atoms with Crippen LogP contribution in [0.15, 0.2) is 63.5 Å². The van der Waals surface area contributed by atoms with Crippen molar-refractivity contribution in [2.75, 3.05) is 11.9 Å². The Balaban J connectivity index is 1.64. The summed E-state index contributed by atoms with van der Waals surface area (Å²) in [6.45, 7) is 4.06. The lowest BCUT2D eigenvalue weighted by Crippen LogP contribution is -2.29. The van der Waals surface area contributed by atoms with Gasteiger partial charge in [-0.15, -0.1) is 5.10 Å². The van der Waals surface area contributed by atoms with E-state index in [9.17, 15) is 9.18 Å². The van der Waals surface area contributed by atoms with Gasteiger partial charge in [0.05, 0.1) is 18.4 Å². The van der Waals surface area contributed by atoms with Crippen LogP contribution in [0.2, 0.25) is 0 Å². The molecule has 0 saturated heterocycles. The summed E-state index contributed by atoms with van der Waals surface area (Å²) in [6.07, 6.45) is 2.27. The molecule has 3 aromatic rings. The predicted molar refractivity (Wildman–Crippen MR) is 110 cm³/mol. The number of carbonyl (C=O) groups excluding carboxylic acids is 1. The molecule has 0 fully saturated rings. The van der Waals surface area contributed by atoms with Gasteiger partial charge in [-0.25, -0.2) is 13.9 Å². The molecule has 1 aliphatic rings. The maximum Gasteiger partial charge on any atom is 0.338 e. The molecule has 3 heterocycles. The molecule has 0 bridgehead atoms. The molecule has 1 N–H and O–H groups in total. The maximum atomic E-state index is 13.9. The van der Waals surface area contributed by atoms with Crippen LogP contribution in [0.25, 0.3) is 0 Å². The van der Waals surface area contributed by atoms with Gasteiger partial charge >= 0.3 is 5.97 Å². The standard InChI is InChI=1S/C21H21FN4O3S/c1-3-10-29-19(27)17-13(2)23-20-24-21(30-12-14-7-4-5-8-15(14)22)25-26(20)18(17)16-9-6-11-28-16/h4-9,11,18H,3,10,12H2,1-2H3,(H,23,24,25). The Bertz CT molecular complexity index is 1080. The zero-order valence-electron chi connectivity index (χ0n) is 16.6. The topological polar surface area (TPSA) is 82.2 Å². The van der Waals surface area contributed by atoms with Crippen LogP contribution >= 0.6 is 11.8 Å². The Kier molecular flexibility index (Phi) is 5.89. The number of rotatable bonds is 7. The van der Waals surface area contributed by atoms with Crippen LogP contribution < -0.4 is 5.32 Å². The van der Waals surface area contributed by atoms with Gasteiger partial charge in [0.2, 0.25) is 11.1 Å². The first-order valence-corrected chi connectivity index (χ1v) is 10.6. The summed E-state index contributed by atoms with van der Waals surface area (Å²) in [4.78, 5) is 17.3. The van der Waals surface area contributed by atoms with Crippen LogP contribution in [0.1, 0.15) is 37.6 Å². The van der Waals surface area contributed by atoms with Gasteiger partial charge in [-0.05, 0) is 37.1 Å². The molecule has 1 atom stereocenters. The van der Waals surface area contributed by atoms with Gasteiger partial charge < -0.3 is 14.5 Å². The molecule has 2 aromatic heterocycles. The monoisotopic (exact) mass is 428 g/mol. The van der Waals surface area contributed by atoms with E-state index in [1.807, 2.05) is 6.92 Å². The summed E-state index contributed by atoms with van der Waals surface area (Å²) in [5.41, 5.74) is 1.62. The van der Waals surface area contributed by atoms with Crippen molar-refractivity contribution in [2.24, 2.45) is 0 Å². The van der Waals surface area contributed by atoms with Gasteiger partial charge in [0, 0.05) is 11.4 Å². The summed E-state index contributed by atoms with van der Waals surface area (Å²) >= 11 is 1.32. The highest BCUT2D eigenvalue weighted by molar-refractivity contribution is 7.98. The molecule has 1 unspecified atom stereocenters. The molecular weight excluding hydrogens is 407 g/mol. The van der Waals surface area contributed by atoms with E-state index in [4.69, 9.17) is 9.15 Å².